The summed E-state index contributed by atoms with van der Waals surface area (Å²) in [6, 6.07) is 59.7. The predicted octanol–water partition coefficient (Wildman–Crippen LogP) is 23.6. The van der Waals surface area contributed by atoms with Crippen LogP contribution in [0.15, 0.2) is 188 Å². The second kappa shape index (κ2) is 22.9. The van der Waals surface area contributed by atoms with Crippen LogP contribution in [0.5, 0.6) is 11.5 Å². The van der Waals surface area contributed by atoms with E-state index in [0.29, 0.717) is 28.4 Å². The second-order valence-corrected chi connectivity index (χ2v) is 29.4. The topological polar surface area (TPSA) is 33.5 Å². The Morgan fingerprint density at radius 2 is 1.16 bits per heavy atom. The van der Waals surface area contributed by atoms with E-state index >= 15 is 0 Å². The molecule has 0 fully saturated rings. The summed E-state index contributed by atoms with van der Waals surface area (Å²) in [6.07, 6.45) is 3.92. The minimum absolute atomic E-state index is 0. The molecule has 0 amide bonds. The van der Waals surface area contributed by atoms with E-state index in [1.165, 1.54) is 36.9 Å². The van der Waals surface area contributed by atoms with Crippen LogP contribution in [0.2, 0.25) is 0 Å². The van der Waals surface area contributed by atoms with Crippen molar-refractivity contribution >= 4 is 76.1 Å². The van der Waals surface area contributed by atoms with Gasteiger partial charge in [0.05, 0.1) is 6.85 Å². The van der Waals surface area contributed by atoms with Crippen molar-refractivity contribution in [2.75, 3.05) is 9.80 Å². The smallest absolute Gasteiger partial charge is 0.135 e. The van der Waals surface area contributed by atoms with Gasteiger partial charge in [-0.2, -0.15) is 6.07 Å². The number of hydrogen-bond donors (Lipinski definition) is 0. The van der Waals surface area contributed by atoms with Gasteiger partial charge in [-0.3, -0.25) is 0 Å². The first-order valence-corrected chi connectivity index (χ1v) is 31.9. The number of fused-ring (bicyclic) bond motifs is 8. The van der Waals surface area contributed by atoms with E-state index in [1.54, 1.807) is 0 Å². The largest absolute Gasteiger partial charge is 0.509 e. The maximum absolute atomic E-state index is 9.50. The molecule has 5 nitrogen and oxygen atoms in total. The number of rotatable bonds is 11. The summed E-state index contributed by atoms with van der Waals surface area (Å²) in [5, 5.41) is 4.65. The minimum atomic E-state index is -0.443. The number of pyridine rings is 1. The Bertz CT molecular complexity index is 4900. The number of ether oxygens (including phenoxy) is 1. The molecule has 454 valence electrons. The van der Waals surface area contributed by atoms with Gasteiger partial charge in [-0.15, -0.1) is 65.0 Å². The first kappa shape index (κ1) is 55.3. The van der Waals surface area contributed by atoms with Gasteiger partial charge in [-0.05, 0) is 126 Å². The maximum atomic E-state index is 9.50. The number of hydrogen-bond acceptors (Lipinski definition) is 5. The van der Waals surface area contributed by atoms with Crippen LogP contribution in [0.4, 0.5) is 22.7 Å². The number of aromatic nitrogens is 2. The number of nitrogens with zero attached hydrogens (tertiary/aromatic N) is 4. The molecule has 9 aromatic carbocycles. The second-order valence-electron chi connectivity index (χ2n) is 28.3. The molecule has 0 atom stereocenters. The van der Waals surface area contributed by atoms with Gasteiger partial charge in [0.15, 0.2) is 0 Å². The normalized spacial score (nSPS) is 14.0. The van der Waals surface area contributed by atoms with Crippen LogP contribution in [0.1, 0.15) is 151 Å². The van der Waals surface area contributed by atoms with Crippen molar-refractivity contribution in [1.29, 1.82) is 0 Å². The van der Waals surface area contributed by atoms with Gasteiger partial charge < -0.3 is 19.1 Å². The molecule has 7 heteroatoms. The molecule has 0 unspecified atom stereocenters. The van der Waals surface area contributed by atoms with Crippen LogP contribution >= 0.6 is 11.3 Å². The van der Waals surface area contributed by atoms with E-state index < -0.39 is 18.1 Å². The van der Waals surface area contributed by atoms with Gasteiger partial charge >= 0.3 is 0 Å². The average molecular weight is 1370 g/mol. The van der Waals surface area contributed by atoms with Crippen LogP contribution in [0, 0.1) is 18.8 Å². The van der Waals surface area contributed by atoms with Gasteiger partial charge in [0.1, 0.15) is 5.82 Å². The molecule has 0 radical (unpaired) electrons. The molecule has 4 heterocycles. The predicted molar refractivity (Wildman–Crippen MR) is 376 cm³/mol. The maximum Gasteiger partial charge on any atom is 0.135 e. The molecular weight excluding hydrogens is 1280 g/mol. The molecule has 0 aliphatic carbocycles. The van der Waals surface area contributed by atoms with Crippen molar-refractivity contribution in [2.45, 2.75) is 144 Å². The Labute approximate surface area is 553 Å². The number of para-hydroxylation sites is 3. The third-order valence-corrected chi connectivity index (χ3v) is 19.5. The van der Waals surface area contributed by atoms with E-state index in [0.717, 1.165) is 85.2 Å². The number of anilines is 4. The molecule has 0 saturated carbocycles. The Morgan fingerprint density at radius 3 is 1.81 bits per heavy atom. The quantitative estimate of drug-likeness (QED) is 0.121. The van der Waals surface area contributed by atoms with Crippen LogP contribution < -0.4 is 14.5 Å². The summed E-state index contributed by atoms with van der Waals surface area (Å²) < 4.78 is 57.7. The van der Waals surface area contributed by atoms with Crippen molar-refractivity contribution < 1.29 is 32.7 Å². The SMILES string of the molecule is [2H]c1c([2H])c([2H])c(-c2cccc(-c3cc(C(C)(C)C)cc(C(C)(C)C)c3)c2N2[CH-]N(c3[c-]c(Oc4[c-]c5c(cc4)c4c6sc7ccccc7c6ccc4n5-c4cc(C(C)(CC)CC)ccn4)cc(-c4c(C(C)(C)C)cccc4C(C)(C)C)c3)c3ccccc32)c([2H])c1[2H].[Pt]. The van der Waals surface area contributed by atoms with Gasteiger partial charge in [0.25, 0.3) is 0 Å². The van der Waals surface area contributed by atoms with Crippen LogP contribution in [-0.2, 0) is 48.1 Å². The van der Waals surface area contributed by atoms with Crippen molar-refractivity contribution in [3.05, 3.63) is 235 Å². The molecule has 89 heavy (non-hydrogen) atoms. The van der Waals surface area contributed by atoms with E-state index in [-0.39, 0.29) is 65.8 Å². The van der Waals surface area contributed by atoms with Crippen molar-refractivity contribution in [3.63, 3.8) is 0 Å². The average Bonchev–Trinajstić information content (AvgIpc) is 1.52. The molecule has 13 rings (SSSR count). The zero-order valence-corrected chi connectivity index (χ0v) is 57.0. The summed E-state index contributed by atoms with van der Waals surface area (Å²) >= 11 is 1.82. The monoisotopic (exact) mass is 1370 g/mol. The van der Waals surface area contributed by atoms with Crippen LogP contribution in [0.3, 0.4) is 0 Å². The van der Waals surface area contributed by atoms with Crippen molar-refractivity contribution in [3.8, 4) is 50.7 Å². The summed E-state index contributed by atoms with van der Waals surface area (Å²) in [5.74, 6) is 1.81. The fourth-order valence-electron chi connectivity index (χ4n) is 12.9. The molecule has 0 N–H and O–H groups in total. The molecule has 1 aliphatic heterocycles. The summed E-state index contributed by atoms with van der Waals surface area (Å²) in [4.78, 5) is 9.42. The van der Waals surface area contributed by atoms with Crippen molar-refractivity contribution in [1.82, 2.24) is 9.55 Å². The fourth-order valence-corrected chi connectivity index (χ4v) is 14.2. The third-order valence-electron chi connectivity index (χ3n) is 18.3. The summed E-state index contributed by atoms with van der Waals surface area (Å²) in [6.45, 7) is 35.9. The molecular formula is C82H81N4OPtS-3. The first-order valence-electron chi connectivity index (χ1n) is 33.6. The summed E-state index contributed by atoms with van der Waals surface area (Å²) in [7, 11) is 0. The Morgan fingerprint density at radius 1 is 0.539 bits per heavy atom. The first-order chi connectivity index (χ1) is 44.0. The van der Waals surface area contributed by atoms with Crippen LogP contribution in [-0.4, -0.2) is 9.55 Å². The Hall–Kier alpha value is -7.76. The fraction of sp³-hybridized carbons (Fsp3) is 0.268. The third kappa shape index (κ3) is 11.1. The van der Waals surface area contributed by atoms with Crippen LogP contribution in [0.25, 0.3) is 81.2 Å². The number of benzene rings is 9. The number of thiophene rings is 1. The van der Waals surface area contributed by atoms with Crippen molar-refractivity contribution in [2.24, 2.45) is 0 Å². The van der Waals surface area contributed by atoms with Gasteiger partial charge in [-0.1, -0.05) is 231 Å². The standard InChI is InChI=1S/C82H81N4OS.Pt/c1-16-82(15,17-2)55-41-42-83-73(48-55)86-70-40-39-64-63-29-21-24-36-72(63)88-77(64)75(70)65-38-37-59(50-71(65)86)87-60-46-54(74-66(80(9,10)11)32-26-33-67(74)81(12,13)14)45-58(49-60)84-51-85(69-35-23-22-34-68(69)84)76-61(52-27-19-18-20-28-52)30-25-31-62(76)53-43-56(78(3,4)5)47-57(44-53)79(6,7)8;/h18-48,51H,16-17H2,1-15H3;/q-3;/i18D,19D,20D,27D,28D;. The van der Waals surface area contributed by atoms with E-state index in [1.807, 2.05) is 47.9 Å². The molecule has 1 aliphatic rings. The van der Waals surface area contributed by atoms with E-state index in [4.69, 9.17) is 13.8 Å². The van der Waals surface area contributed by atoms with Gasteiger partial charge in [0, 0.05) is 92.6 Å². The summed E-state index contributed by atoms with van der Waals surface area (Å²) in [5.41, 5.74) is 14.3. The minimum Gasteiger partial charge on any atom is -0.509 e. The van der Waals surface area contributed by atoms with E-state index in [9.17, 15) is 2.74 Å². The Balaban J connectivity index is 0.00000848. The van der Waals surface area contributed by atoms with Gasteiger partial charge in [-0.25, -0.2) is 4.98 Å². The zero-order chi connectivity index (χ0) is 66.2. The van der Waals surface area contributed by atoms with Gasteiger partial charge in [0.2, 0.25) is 0 Å². The molecule has 0 bridgehead atoms. The van der Waals surface area contributed by atoms with E-state index in [2.05, 4.69) is 258 Å². The molecule has 0 saturated heterocycles. The molecule has 3 aromatic heterocycles. The molecule has 12 aromatic rings. The Kier molecular flexibility index (Phi) is 14.2. The zero-order valence-electron chi connectivity index (χ0n) is 58.9. The molecule has 0 spiro atoms.